The summed E-state index contributed by atoms with van der Waals surface area (Å²) >= 11 is 0. The topological polar surface area (TPSA) is 88.1 Å². The Morgan fingerprint density at radius 2 is 2.05 bits per heavy atom. The first-order valence-electron chi connectivity index (χ1n) is 6.40. The van der Waals surface area contributed by atoms with E-state index in [0.717, 1.165) is 0 Å². The van der Waals surface area contributed by atoms with E-state index in [0.29, 0.717) is 26.3 Å². The van der Waals surface area contributed by atoms with Crippen molar-refractivity contribution in [2.75, 3.05) is 40.0 Å². The van der Waals surface area contributed by atoms with E-state index in [4.69, 9.17) is 14.6 Å². The van der Waals surface area contributed by atoms with Gasteiger partial charge in [0.2, 0.25) is 0 Å². The molecule has 19 heavy (non-hydrogen) atoms. The lowest BCUT2D eigenvalue weighted by Crippen LogP contribution is -2.44. The molecule has 0 heterocycles. The summed E-state index contributed by atoms with van der Waals surface area (Å²) < 4.78 is 10.2. The van der Waals surface area contributed by atoms with Gasteiger partial charge in [0, 0.05) is 33.4 Å². The number of hydrogen-bond donors (Lipinski definition) is 2. The van der Waals surface area contributed by atoms with Crippen LogP contribution in [0.4, 0.5) is 4.79 Å². The zero-order valence-electron chi connectivity index (χ0n) is 11.8. The van der Waals surface area contributed by atoms with Crippen LogP contribution in [-0.2, 0) is 14.3 Å². The third-order valence-corrected chi connectivity index (χ3v) is 2.60. The van der Waals surface area contributed by atoms with Gasteiger partial charge in [0.1, 0.15) is 0 Å². The lowest BCUT2D eigenvalue weighted by atomic mass is 10.2. The molecule has 0 saturated carbocycles. The van der Waals surface area contributed by atoms with Crippen molar-refractivity contribution in [1.82, 2.24) is 10.2 Å². The van der Waals surface area contributed by atoms with Crippen molar-refractivity contribution in [3.8, 4) is 0 Å². The summed E-state index contributed by atoms with van der Waals surface area (Å²) in [5.41, 5.74) is 0. The maximum absolute atomic E-state index is 11.8. The van der Waals surface area contributed by atoms with Gasteiger partial charge in [-0.2, -0.15) is 0 Å². The summed E-state index contributed by atoms with van der Waals surface area (Å²) in [4.78, 5) is 24.0. The molecule has 0 aromatic rings. The molecule has 1 unspecified atom stereocenters. The molecule has 0 aliphatic carbocycles. The van der Waals surface area contributed by atoms with Crippen molar-refractivity contribution < 1.29 is 24.2 Å². The van der Waals surface area contributed by atoms with Crippen LogP contribution in [0.1, 0.15) is 20.3 Å². The molecule has 0 aromatic heterocycles. The average Bonchev–Trinajstić information content (AvgIpc) is 2.38. The van der Waals surface area contributed by atoms with Crippen LogP contribution in [-0.4, -0.2) is 68.1 Å². The maximum Gasteiger partial charge on any atom is 0.317 e. The number of methoxy groups -OCH3 is 1. The summed E-state index contributed by atoms with van der Waals surface area (Å²) in [5.74, 6) is -0.954. The van der Waals surface area contributed by atoms with E-state index >= 15 is 0 Å². The second-order valence-electron chi connectivity index (χ2n) is 3.92. The highest BCUT2D eigenvalue weighted by atomic mass is 16.5. The smallest absolute Gasteiger partial charge is 0.317 e. The first-order chi connectivity index (χ1) is 9.04. The lowest BCUT2D eigenvalue weighted by molar-refractivity contribution is -0.139. The highest BCUT2D eigenvalue weighted by Gasteiger charge is 2.16. The Morgan fingerprint density at radius 1 is 1.37 bits per heavy atom. The van der Waals surface area contributed by atoms with Crippen LogP contribution in [0.15, 0.2) is 0 Å². The Bertz CT molecular complexity index is 273. The molecular weight excluding hydrogens is 252 g/mol. The number of aliphatic carboxylic acids is 1. The molecule has 0 spiro atoms. The Hall–Kier alpha value is -1.34. The molecule has 0 aliphatic heterocycles. The van der Waals surface area contributed by atoms with Gasteiger partial charge in [-0.15, -0.1) is 0 Å². The zero-order chi connectivity index (χ0) is 14.7. The normalized spacial score (nSPS) is 11.9. The van der Waals surface area contributed by atoms with E-state index in [9.17, 15) is 9.59 Å². The van der Waals surface area contributed by atoms with Crippen molar-refractivity contribution in [2.24, 2.45) is 0 Å². The lowest BCUT2D eigenvalue weighted by Gasteiger charge is -2.22. The number of urea groups is 1. The summed E-state index contributed by atoms with van der Waals surface area (Å²) in [6.45, 7) is 6.11. The fourth-order valence-corrected chi connectivity index (χ4v) is 1.47. The van der Waals surface area contributed by atoms with Gasteiger partial charge in [-0.1, -0.05) is 0 Å². The molecule has 7 heteroatoms. The van der Waals surface area contributed by atoms with Crippen molar-refractivity contribution in [2.45, 2.75) is 26.4 Å². The molecule has 0 radical (unpaired) electrons. The molecule has 2 amide bonds. The zero-order valence-corrected chi connectivity index (χ0v) is 11.8. The summed E-state index contributed by atoms with van der Waals surface area (Å²) in [5, 5.41) is 11.3. The van der Waals surface area contributed by atoms with Gasteiger partial charge >= 0.3 is 12.0 Å². The second-order valence-corrected chi connectivity index (χ2v) is 3.92. The van der Waals surface area contributed by atoms with Gasteiger partial charge in [0.05, 0.1) is 19.1 Å². The fourth-order valence-electron chi connectivity index (χ4n) is 1.47. The highest BCUT2D eigenvalue weighted by molar-refractivity contribution is 5.74. The monoisotopic (exact) mass is 276 g/mol. The van der Waals surface area contributed by atoms with E-state index in [1.54, 1.807) is 4.90 Å². The average molecular weight is 276 g/mol. The Balaban J connectivity index is 4.06. The predicted octanol–water partition coefficient (Wildman–Crippen LogP) is 0.544. The standard InChI is InChI=1S/C12H24N2O5/c1-4-14(6-7-19-5-2)12(17)13-9-10(18-3)8-11(15)16/h10H,4-9H2,1-3H3,(H,13,17)(H,15,16). The van der Waals surface area contributed by atoms with Crippen LogP contribution in [0.2, 0.25) is 0 Å². The summed E-state index contributed by atoms with van der Waals surface area (Å²) in [6, 6.07) is -0.241. The van der Waals surface area contributed by atoms with E-state index < -0.39 is 12.1 Å². The van der Waals surface area contributed by atoms with E-state index in [2.05, 4.69) is 5.32 Å². The van der Waals surface area contributed by atoms with Gasteiger partial charge in [0.25, 0.3) is 0 Å². The van der Waals surface area contributed by atoms with Gasteiger partial charge in [-0.3, -0.25) is 4.79 Å². The molecule has 112 valence electrons. The van der Waals surface area contributed by atoms with Crippen molar-refractivity contribution >= 4 is 12.0 Å². The molecule has 1 atom stereocenters. The van der Waals surface area contributed by atoms with Crippen LogP contribution >= 0.6 is 0 Å². The summed E-state index contributed by atoms with van der Waals surface area (Å²) in [6.07, 6.45) is -0.658. The molecule has 2 N–H and O–H groups in total. The number of nitrogens with zero attached hydrogens (tertiary/aromatic N) is 1. The number of rotatable bonds is 10. The van der Waals surface area contributed by atoms with E-state index in [-0.39, 0.29) is 19.0 Å². The Morgan fingerprint density at radius 3 is 2.53 bits per heavy atom. The predicted molar refractivity (Wildman–Crippen MR) is 70.2 cm³/mol. The van der Waals surface area contributed by atoms with Gasteiger partial charge in [0.15, 0.2) is 0 Å². The number of hydrogen-bond acceptors (Lipinski definition) is 4. The van der Waals surface area contributed by atoms with Gasteiger partial charge in [-0.25, -0.2) is 4.79 Å². The van der Waals surface area contributed by atoms with Crippen molar-refractivity contribution in [3.05, 3.63) is 0 Å². The SMILES string of the molecule is CCOCCN(CC)C(=O)NCC(CC(=O)O)OC. The minimum atomic E-state index is -0.954. The van der Waals surface area contributed by atoms with E-state index in [1.807, 2.05) is 13.8 Å². The molecule has 7 nitrogen and oxygen atoms in total. The van der Waals surface area contributed by atoms with Crippen LogP contribution in [0.3, 0.4) is 0 Å². The number of amides is 2. The number of ether oxygens (including phenoxy) is 2. The maximum atomic E-state index is 11.8. The van der Waals surface area contributed by atoms with Gasteiger partial charge < -0.3 is 24.8 Å². The first kappa shape index (κ1) is 17.7. The molecule has 0 aliphatic rings. The number of nitrogens with one attached hydrogen (secondary N) is 1. The molecule has 0 saturated heterocycles. The minimum absolute atomic E-state index is 0.137. The highest BCUT2D eigenvalue weighted by Crippen LogP contribution is 1.97. The molecular formula is C12H24N2O5. The quantitative estimate of drug-likeness (QED) is 0.569. The second kappa shape index (κ2) is 10.6. The van der Waals surface area contributed by atoms with Crippen LogP contribution < -0.4 is 5.32 Å². The third-order valence-electron chi connectivity index (χ3n) is 2.60. The number of carboxylic acids is 1. The molecule has 0 fully saturated rings. The summed E-state index contributed by atoms with van der Waals surface area (Å²) in [7, 11) is 1.42. The molecule has 0 bridgehead atoms. The van der Waals surface area contributed by atoms with Crippen LogP contribution in [0, 0.1) is 0 Å². The number of carboxylic acid groups (broad SMARTS) is 1. The Labute approximate surface area is 113 Å². The number of carbonyl (C=O) groups excluding carboxylic acids is 1. The van der Waals surface area contributed by atoms with Crippen LogP contribution in [0.5, 0.6) is 0 Å². The number of carbonyl (C=O) groups is 2. The number of likely N-dealkylation sites (N-methyl/N-ethyl adjacent to an activating group) is 1. The third kappa shape index (κ3) is 8.39. The van der Waals surface area contributed by atoms with Crippen molar-refractivity contribution in [3.63, 3.8) is 0 Å². The Kier molecular flexibility index (Phi) is 9.82. The molecule has 0 aromatic carbocycles. The molecule has 0 rings (SSSR count). The van der Waals surface area contributed by atoms with Crippen molar-refractivity contribution in [1.29, 1.82) is 0 Å². The minimum Gasteiger partial charge on any atom is -0.481 e. The van der Waals surface area contributed by atoms with Gasteiger partial charge in [-0.05, 0) is 13.8 Å². The first-order valence-corrected chi connectivity index (χ1v) is 6.40. The fraction of sp³-hybridized carbons (Fsp3) is 0.833. The largest absolute Gasteiger partial charge is 0.481 e. The van der Waals surface area contributed by atoms with Crippen LogP contribution in [0.25, 0.3) is 0 Å². The van der Waals surface area contributed by atoms with E-state index in [1.165, 1.54) is 7.11 Å².